The number of alkyl halides is 3. The summed E-state index contributed by atoms with van der Waals surface area (Å²) in [7, 11) is 4.05. The Labute approximate surface area is 196 Å². The lowest BCUT2D eigenvalue weighted by Gasteiger charge is -2.34. The van der Waals surface area contributed by atoms with Crippen LogP contribution in [0.25, 0.3) is 10.9 Å². The number of nitriles is 1. The zero-order chi connectivity index (χ0) is 24.3. The van der Waals surface area contributed by atoms with Gasteiger partial charge in [0.25, 0.3) is 0 Å². The summed E-state index contributed by atoms with van der Waals surface area (Å²) in [5.41, 5.74) is -2.32. The zero-order valence-electron chi connectivity index (χ0n) is 19.2. The molecule has 180 valence electrons. The van der Waals surface area contributed by atoms with E-state index in [2.05, 4.69) is 26.6 Å². The Morgan fingerprint density at radius 2 is 1.97 bits per heavy atom. The maximum atomic E-state index is 14.4. The Morgan fingerprint density at radius 3 is 2.59 bits per heavy atom. The van der Waals surface area contributed by atoms with Gasteiger partial charge in [0.2, 0.25) is 5.91 Å². The minimum atomic E-state index is -4.50. The third-order valence-corrected chi connectivity index (χ3v) is 8.36. The number of benzene rings is 1. The topological polar surface area (TPSA) is 81.0 Å². The fourth-order valence-corrected chi connectivity index (χ4v) is 6.33. The minimum absolute atomic E-state index is 0.120. The summed E-state index contributed by atoms with van der Waals surface area (Å²) in [5, 5.41) is 16.1. The first-order chi connectivity index (χ1) is 16.1. The smallest absolute Gasteiger partial charge is 0.353 e. The van der Waals surface area contributed by atoms with Crippen LogP contribution >= 0.6 is 0 Å². The van der Waals surface area contributed by atoms with Crippen LogP contribution in [0.3, 0.4) is 0 Å². The molecule has 2 aromatic rings. The van der Waals surface area contributed by atoms with E-state index in [1.165, 1.54) is 0 Å². The van der Waals surface area contributed by atoms with Gasteiger partial charge in [-0.1, -0.05) is 12.1 Å². The lowest BCUT2D eigenvalue weighted by atomic mass is 9.82. The van der Waals surface area contributed by atoms with E-state index in [0.29, 0.717) is 28.1 Å². The maximum Gasteiger partial charge on any atom is 0.396 e. The molecule has 9 heteroatoms. The summed E-state index contributed by atoms with van der Waals surface area (Å²) in [6.45, 7) is -0.302. The molecule has 1 aliphatic heterocycles. The van der Waals surface area contributed by atoms with Crippen LogP contribution in [0.15, 0.2) is 30.5 Å². The van der Waals surface area contributed by atoms with Gasteiger partial charge >= 0.3 is 6.18 Å². The van der Waals surface area contributed by atoms with E-state index < -0.39 is 29.0 Å². The number of amides is 1. The van der Waals surface area contributed by atoms with E-state index in [0.717, 1.165) is 25.7 Å². The van der Waals surface area contributed by atoms with E-state index in [-0.39, 0.29) is 19.0 Å². The van der Waals surface area contributed by atoms with Crippen molar-refractivity contribution in [3.8, 4) is 6.07 Å². The van der Waals surface area contributed by atoms with Crippen molar-refractivity contribution in [2.24, 2.45) is 10.8 Å². The van der Waals surface area contributed by atoms with E-state index in [1.807, 2.05) is 14.1 Å². The second-order valence-electron chi connectivity index (χ2n) is 10.2. The van der Waals surface area contributed by atoms with Crippen molar-refractivity contribution in [2.75, 3.05) is 20.6 Å². The van der Waals surface area contributed by atoms with Gasteiger partial charge in [-0.25, -0.2) is 0 Å². The quantitative estimate of drug-likeness (QED) is 0.711. The highest BCUT2D eigenvalue weighted by molar-refractivity contribution is 5.93. The molecule has 2 heterocycles. The monoisotopic (exact) mass is 471 g/mol. The van der Waals surface area contributed by atoms with Crippen molar-refractivity contribution in [2.45, 2.75) is 56.4 Å². The van der Waals surface area contributed by atoms with Gasteiger partial charge in [-0.05, 0) is 63.9 Å². The lowest BCUT2D eigenvalue weighted by Crippen LogP contribution is -2.47. The molecule has 0 radical (unpaired) electrons. The number of hydrogen-bond acceptors (Lipinski definition) is 5. The van der Waals surface area contributed by atoms with Crippen LogP contribution in [0, 0.1) is 22.2 Å². The molecule has 1 amide bonds. The van der Waals surface area contributed by atoms with Crippen LogP contribution in [0.5, 0.6) is 0 Å². The minimum Gasteiger partial charge on any atom is -0.353 e. The van der Waals surface area contributed by atoms with Crippen molar-refractivity contribution in [3.63, 3.8) is 0 Å². The Kier molecular flexibility index (Phi) is 5.37. The van der Waals surface area contributed by atoms with Gasteiger partial charge in [-0.3, -0.25) is 9.78 Å². The molecule has 1 aromatic carbocycles. The fraction of sp³-hybridized carbons (Fsp3) is 0.560. The highest BCUT2D eigenvalue weighted by atomic mass is 19.4. The average molecular weight is 472 g/mol. The van der Waals surface area contributed by atoms with Crippen molar-refractivity contribution in [1.82, 2.24) is 20.5 Å². The number of halogens is 3. The van der Waals surface area contributed by atoms with Gasteiger partial charge in [0.15, 0.2) is 0 Å². The molecule has 1 aromatic heterocycles. The van der Waals surface area contributed by atoms with Crippen molar-refractivity contribution in [3.05, 3.63) is 41.6 Å². The zero-order valence-corrected chi connectivity index (χ0v) is 19.2. The van der Waals surface area contributed by atoms with Gasteiger partial charge in [0.1, 0.15) is 6.07 Å². The van der Waals surface area contributed by atoms with Crippen LogP contribution < -0.4 is 10.6 Å². The van der Waals surface area contributed by atoms with Crippen molar-refractivity contribution < 1.29 is 18.0 Å². The molecule has 0 spiro atoms. The molecular formula is C25H28F3N5O. The summed E-state index contributed by atoms with van der Waals surface area (Å²) >= 11 is 0. The SMILES string of the molecule is CN(C)C1CCC(NC(=O)C23CC2(C(F)(F)F)CNC3c2ccc(C#N)c3ncccc23)CC1. The standard InChI is InChI=1S/C25H28F3N5O/c1-33(2)17-8-6-16(7-9-17)32-22(34)24-13-23(24,25(26,27)28)14-31-21(24)19-10-5-15(12-29)20-18(19)4-3-11-30-20/h3-5,10-11,16-17,21,31H,6-9,13-14H2,1-2H3,(H,32,34). The maximum absolute atomic E-state index is 14.4. The molecule has 2 aliphatic carbocycles. The highest BCUT2D eigenvalue weighted by Gasteiger charge is 2.87. The normalized spacial score (nSPS) is 32.9. The number of aromatic nitrogens is 1. The number of nitrogens with zero attached hydrogens (tertiary/aromatic N) is 3. The number of fused-ring (bicyclic) bond motifs is 2. The van der Waals surface area contributed by atoms with Crippen molar-refractivity contribution >= 4 is 16.8 Å². The van der Waals surface area contributed by atoms with E-state index >= 15 is 0 Å². The Bertz CT molecular complexity index is 1170. The first-order valence-corrected chi connectivity index (χ1v) is 11.7. The van der Waals surface area contributed by atoms with E-state index in [9.17, 15) is 23.2 Å². The summed E-state index contributed by atoms with van der Waals surface area (Å²) in [5.74, 6) is -0.519. The van der Waals surface area contributed by atoms with Gasteiger partial charge in [0.05, 0.1) is 21.9 Å². The van der Waals surface area contributed by atoms with Gasteiger partial charge in [0, 0.05) is 36.3 Å². The molecule has 3 fully saturated rings. The Hall–Kier alpha value is -2.70. The van der Waals surface area contributed by atoms with Gasteiger partial charge in [-0.15, -0.1) is 0 Å². The molecular weight excluding hydrogens is 443 g/mol. The van der Waals surface area contributed by atoms with E-state index in [1.54, 1.807) is 30.5 Å². The Balaban J connectivity index is 1.50. The van der Waals surface area contributed by atoms with Crippen LogP contribution in [0.1, 0.15) is 49.3 Å². The third-order valence-electron chi connectivity index (χ3n) is 8.36. The predicted octanol–water partition coefficient (Wildman–Crippen LogP) is 3.68. The summed E-state index contributed by atoms with van der Waals surface area (Å²) in [4.78, 5) is 20.1. The van der Waals surface area contributed by atoms with Crippen LogP contribution in [-0.4, -0.2) is 54.7 Å². The summed E-state index contributed by atoms with van der Waals surface area (Å²) < 4.78 is 43.1. The number of rotatable bonds is 4. The first-order valence-electron chi connectivity index (χ1n) is 11.7. The number of nitrogens with one attached hydrogen (secondary N) is 2. The van der Waals surface area contributed by atoms with Crippen LogP contribution in [0.2, 0.25) is 0 Å². The second-order valence-corrected chi connectivity index (χ2v) is 10.2. The molecule has 2 saturated carbocycles. The average Bonchev–Trinajstić information content (AvgIpc) is 3.41. The molecule has 3 unspecified atom stereocenters. The van der Waals surface area contributed by atoms with Crippen LogP contribution in [-0.2, 0) is 4.79 Å². The summed E-state index contributed by atoms with van der Waals surface area (Å²) in [6, 6.07) is 8.29. The Morgan fingerprint density at radius 1 is 1.24 bits per heavy atom. The number of piperidine rings is 1. The highest BCUT2D eigenvalue weighted by Crippen LogP contribution is 2.78. The van der Waals surface area contributed by atoms with Gasteiger partial charge in [-0.2, -0.15) is 18.4 Å². The van der Waals surface area contributed by atoms with E-state index in [4.69, 9.17) is 0 Å². The first kappa shape index (κ1) is 23.1. The molecule has 3 atom stereocenters. The molecule has 3 aliphatic rings. The number of pyridine rings is 1. The van der Waals surface area contributed by atoms with Gasteiger partial charge < -0.3 is 15.5 Å². The number of carbonyl (C=O) groups excluding carboxylic acids is 1. The number of carbonyl (C=O) groups is 1. The molecule has 6 nitrogen and oxygen atoms in total. The predicted molar refractivity (Wildman–Crippen MR) is 121 cm³/mol. The second kappa shape index (κ2) is 7.92. The largest absolute Gasteiger partial charge is 0.396 e. The summed E-state index contributed by atoms with van der Waals surface area (Å²) in [6.07, 6.45) is 0.138. The molecule has 5 rings (SSSR count). The molecule has 2 N–H and O–H groups in total. The molecule has 34 heavy (non-hydrogen) atoms. The van der Waals surface area contributed by atoms with Crippen LogP contribution in [0.4, 0.5) is 13.2 Å². The van der Waals surface area contributed by atoms with Crippen molar-refractivity contribution in [1.29, 1.82) is 5.26 Å². The molecule has 0 bridgehead atoms. The third kappa shape index (κ3) is 3.23. The fourth-order valence-electron chi connectivity index (χ4n) is 6.33. The lowest BCUT2D eigenvalue weighted by molar-refractivity contribution is -0.193. The number of hydrogen-bond donors (Lipinski definition) is 2. The molecule has 1 saturated heterocycles.